The lowest BCUT2D eigenvalue weighted by Gasteiger charge is -2.16. The average molecular weight is 333 g/mol. The quantitative estimate of drug-likeness (QED) is 0.797. The molecular formula is C20H19N3O2. The Balaban J connectivity index is 1.60. The zero-order valence-corrected chi connectivity index (χ0v) is 14.0. The Morgan fingerprint density at radius 3 is 2.68 bits per heavy atom. The number of nitrogens with zero attached hydrogens (tertiary/aromatic N) is 2. The maximum absolute atomic E-state index is 12.7. The second-order valence-electron chi connectivity index (χ2n) is 6.30. The number of amides is 2. The van der Waals surface area contributed by atoms with Crippen LogP contribution < -0.4 is 10.2 Å². The second kappa shape index (κ2) is 6.09. The third kappa shape index (κ3) is 2.78. The summed E-state index contributed by atoms with van der Waals surface area (Å²) in [6.45, 7) is 0.736. The van der Waals surface area contributed by atoms with E-state index in [2.05, 4.69) is 5.32 Å². The molecule has 2 amide bonds. The minimum Gasteiger partial charge on any atom is -0.340 e. The summed E-state index contributed by atoms with van der Waals surface area (Å²) in [5, 5.41) is 3.97. The standard InChI is InChI=1S/C20H19N3O2/c1-22-17-9-3-2-6-14(17)12-18(22)20(25)21-15-7-4-8-16(13-15)23-11-5-10-19(23)24/h2-4,6-9,12-13H,5,10-11H2,1H3,(H,21,25). The highest BCUT2D eigenvalue weighted by atomic mass is 16.2. The highest BCUT2D eigenvalue weighted by molar-refractivity contribution is 6.06. The molecule has 4 rings (SSSR count). The maximum Gasteiger partial charge on any atom is 0.272 e. The van der Waals surface area contributed by atoms with Crippen molar-refractivity contribution in [1.82, 2.24) is 4.57 Å². The largest absolute Gasteiger partial charge is 0.340 e. The highest BCUT2D eigenvalue weighted by Crippen LogP contribution is 2.25. The number of hydrogen-bond donors (Lipinski definition) is 1. The van der Waals surface area contributed by atoms with Gasteiger partial charge in [0.25, 0.3) is 5.91 Å². The topological polar surface area (TPSA) is 54.3 Å². The van der Waals surface area contributed by atoms with Gasteiger partial charge in [-0.2, -0.15) is 0 Å². The Kier molecular flexibility index (Phi) is 3.76. The zero-order chi connectivity index (χ0) is 17.4. The van der Waals surface area contributed by atoms with E-state index in [1.54, 1.807) is 4.90 Å². The van der Waals surface area contributed by atoms with Crippen LogP contribution in [0.15, 0.2) is 54.6 Å². The molecule has 1 aliphatic rings. The van der Waals surface area contributed by atoms with E-state index in [0.29, 0.717) is 17.8 Å². The predicted molar refractivity (Wildman–Crippen MR) is 98.9 cm³/mol. The van der Waals surface area contributed by atoms with Gasteiger partial charge in [0.2, 0.25) is 5.91 Å². The van der Waals surface area contributed by atoms with E-state index in [4.69, 9.17) is 0 Å². The molecule has 0 saturated carbocycles. The minimum atomic E-state index is -0.163. The molecule has 126 valence electrons. The summed E-state index contributed by atoms with van der Waals surface area (Å²) < 4.78 is 1.89. The molecule has 0 unspecified atom stereocenters. The summed E-state index contributed by atoms with van der Waals surface area (Å²) in [6, 6.07) is 17.2. The second-order valence-corrected chi connectivity index (χ2v) is 6.30. The van der Waals surface area contributed by atoms with Crippen LogP contribution in [0.25, 0.3) is 10.9 Å². The van der Waals surface area contributed by atoms with Crippen LogP contribution in [0.5, 0.6) is 0 Å². The Labute approximate surface area is 145 Å². The van der Waals surface area contributed by atoms with Crippen molar-refractivity contribution in [3.63, 3.8) is 0 Å². The van der Waals surface area contributed by atoms with Crippen molar-refractivity contribution in [2.45, 2.75) is 12.8 Å². The van der Waals surface area contributed by atoms with Gasteiger partial charge in [0, 0.05) is 42.3 Å². The van der Waals surface area contributed by atoms with Crippen molar-refractivity contribution in [1.29, 1.82) is 0 Å². The fourth-order valence-corrected chi connectivity index (χ4v) is 3.37. The number of nitrogens with one attached hydrogen (secondary N) is 1. The van der Waals surface area contributed by atoms with E-state index < -0.39 is 0 Å². The van der Waals surface area contributed by atoms with Gasteiger partial charge in [0.1, 0.15) is 5.69 Å². The summed E-state index contributed by atoms with van der Waals surface area (Å²) in [6.07, 6.45) is 1.47. The summed E-state index contributed by atoms with van der Waals surface area (Å²) in [5.41, 5.74) is 3.14. The van der Waals surface area contributed by atoms with Crippen LogP contribution >= 0.6 is 0 Å². The summed E-state index contributed by atoms with van der Waals surface area (Å²) >= 11 is 0. The number of hydrogen-bond acceptors (Lipinski definition) is 2. The van der Waals surface area contributed by atoms with Gasteiger partial charge in [-0.05, 0) is 36.8 Å². The molecule has 5 heteroatoms. The fraction of sp³-hybridized carbons (Fsp3) is 0.200. The van der Waals surface area contributed by atoms with Gasteiger partial charge in [-0.25, -0.2) is 0 Å². The summed E-state index contributed by atoms with van der Waals surface area (Å²) in [5.74, 6) is -0.0271. The van der Waals surface area contributed by atoms with E-state index in [1.165, 1.54) is 0 Å². The first-order chi connectivity index (χ1) is 12.1. The molecule has 1 N–H and O–H groups in total. The van der Waals surface area contributed by atoms with Gasteiger partial charge < -0.3 is 14.8 Å². The van der Waals surface area contributed by atoms with Crippen molar-refractivity contribution >= 4 is 34.1 Å². The lowest BCUT2D eigenvalue weighted by Crippen LogP contribution is -2.23. The van der Waals surface area contributed by atoms with Crippen LogP contribution in [0.3, 0.4) is 0 Å². The SMILES string of the molecule is Cn1c(C(=O)Nc2cccc(N3CCCC3=O)c2)cc2ccccc21. The Bertz CT molecular complexity index is 974. The van der Waals surface area contributed by atoms with Crippen LogP contribution in [0.1, 0.15) is 23.3 Å². The molecule has 0 atom stereocenters. The molecule has 0 bridgehead atoms. The number of aryl methyl sites for hydroxylation is 1. The van der Waals surface area contributed by atoms with E-state index in [9.17, 15) is 9.59 Å². The van der Waals surface area contributed by atoms with Crippen molar-refractivity contribution < 1.29 is 9.59 Å². The Morgan fingerprint density at radius 1 is 1.08 bits per heavy atom. The number of carbonyl (C=O) groups excluding carboxylic acids is 2. The molecule has 1 fully saturated rings. The van der Waals surface area contributed by atoms with Crippen molar-refractivity contribution in [3.05, 3.63) is 60.3 Å². The molecule has 0 radical (unpaired) electrons. The molecule has 5 nitrogen and oxygen atoms in total. The lowest BCUT2D eigenvalue weighted by molar-refractivity contribution is -0.117. The van der Waals surface area contributed by atoms with Gasteiger partial charge in [-0.3, -0.25) is 9.59 Å². The molecule has 1 saturated heterocycles. The first-order valence-electron chi connectivity index (χ1n) is 8.40. The van der Waals surface area contributed by atoms with Crippen LogP contribution in [0, 0.1) is 0 Å². The molecule has 3 aromatic rings. The lowest BCUT2D eigenvalue weighted by atomic mass is 10.2. The number of benzene rings is 2. The van der Waals surface area contributed by atoms with Crippen LogP contribution in [-0.2, 0) is 11.8 Å². The molecular weight excluding hydrogens is 314 g/mol. The first kappa shape index (κ1) is 15.4. The monoisotopic (exact) mass is 333 g/mol. The van der Waals surface area contributed by atoms with E-state index in [0.717, 1.165) is 29.6 Å². The van der Waals surface area contributed by atoms with E-state index in [-0.39, 0.29) is 11.8 Å². The van der Waals surface area contributed by atoms with Gasteiger partial charge >= 0.3 is 0 Å². The molecule has 25 heavy (non-hydrogen) atoms. The number of para-hydroxylation sites is 1. The Hall–Kier alpha value is -3.08. The smallest absolute Gasteiger partial charge is 0.272 e. The normalized spacial score (nSPS) is 14.3. The van der Waals surface area contributed by atoms with E-state index >= 15 is 0 Å². The van der Waals surface area contributed by atoms with Gasteiger partial charge in [-0.1, -0.05) is 24.3 Å². The minimum absolute atomic E-state index is 0.136. The fourth-order valence-electron chi connectivity index (χ4n) is 3.37. The zero-order valence-electron chi connectivity index (χ0n) is 14.0. The molecule has 2 aromatic carbocycles. The first-order valence-corrected chi connectivity index (χ1v) is 8.40. The van der Waals surface area contributed by atoms with E-state index in [1.807, 2.05) is 66.2 Å². The maximum atomic E-state index is 12.7. The van der Waals surface area contributed by atoms with Crippen molar-refractivity contribution in [3.8, 4) is 0 Å². The number of carbonyl (C=O) groups is 2. The van der Waals surface area contributed by atoms with Crippen molar-refractivity contribution in [2.75, 3.05) is 16.8 Å². The van der Waals surface area contributed by atoms with Crippen molar-refractivity contribution in [2.24, 2.45) is 7.05 Å². The third-order valence-electron chi connectivity index (χ3n) is 4.67. The summed E-state index contributed by atoms with van der Waals surface area (Å²) in [4.78, 5) is 26.4. The van der Waals surface area contributed by atoms with Gasteiger partial charge in [-0.15, -0.1) is 0 Å². The number of fused-ring (bicyclic) bond motifs is 1. The molecule has 2 heterocycles. The predicted octanol–water partition coefficient (Wildman–Crippen LogP) is 3.56. The highest BCUT2D eigenvalue weighted by Gasteiger charge is 2.22. The number of rotatable bonds is 3. The third-order valence-corrected chi connectivity index (χ3v) is 4.67. The Morgan fingerprint density at radius 2 is 1.92 bits per heavy atom. The average Bonchev–Trinajstić information content (AvgIpc) is 3.19. The molecule has 1 aromatic heterocycles. The number of aromatic nitrogens is 1. The van der Waals surface area contributed by atoms with Crippen LogP contribution in [0.2, 0.25) is 0 Å². The molecule has 0 aliphatic carbocycles. The van der Waals surface area contributed by atoms with Gasteiger partial charge in [0.15, 0.2) is 0 Å². The molecule has 1 aliphatic heterocycles. The summed E-state index contributed by atoms with van der Waals surface area (Å²) in [7, 11) is 1.89. The van der Waals surface area contributed by atoms with Crippen LogP contribution in [-0.4, -0.2) is 22.9 Å². The molecule has 0 spiro atoms. The van der Waals surface area contributed by atoms with Gasteiger partial charge in [0.05, 0.1) is 0 Å². The van der Waals surface area contributed by atoms with Crippen LogP contribution in [0.4, 0.5) is 11.4 Å². The number of anilines is 2.